The zero-order valence-electron chi connectivity index (χ0n) is 19.5. The molecule has 0 unspecified atom stereocenters. The van der Waals surface area contributed by atoms with Crippen molar-refractivity contribution in [2.75, 3.05) is 26.4 Å². The number of ether oxygens (including phenoxy) is 3. The van der Waals surface area contributed by atoms with Gasteiger partial charge in [-0.05, 0) is 34.4 Å². The number of aromatic nitrogens is 1. The molecule has 5 heterocycles. The van der Waals surface area contributed by atoms with E-state index in [-0.39, 0.29) is 23.2 Å². The molecule has 1 aromatic heterocycles. The largest absolute Gasteiger partial charge is 0.377 e. The van der Waals surface area contributed by atoms with Crippen LogP contribution in [-0.2, 0) is 40.5 Å². The summed E-state index contributed by atoms with van der Waals surface area (Å²) in [6, 6.07) is 20.5. The topological polar surface area (TPSA) is 98.8 Å². The Morgan fingerprint density at radius 2 is 0.943 bits per heavy atom. The third-order valence-electron chi connectivity index (χ3n) is 5.45. The van der Waals surface area contributed by atoms with Crippen LogP contribution >= 0.6 is 0 Å². The second-order valence-electron chi connectivity index (χ2n) is 8.12. The van der Waals surface area contributed by atoms with Gasteiger partial charge in [0.25, 0.3) is 11.8 Å². The summed E-state index contributed by atoms with van der Waals surface area (Å²) in [5.41, 5.74) is 4.36. The highest BCUT2D eigenvalue weighted by Gasteiger charge is 2.12. The lowest BCUT2D eigenvalue weighted by molar-refractivity contribution is 0.00704. The van der Waals surface area contributed by atoms with Gasteiger partial charge in [-0.3, -0.25) is 9.59 Å². The predicted molar refractivity (Wildman–Crippen MR) is 130 cm³/mol. The third-order valence-corrected chi connectivity index (χ3v) is 5.45. The number of nitrogens with one attached hydrogen (secondary N) is 2. The molecule has 2 aromatic carbocycles. The maximum atomic E-state index is 12.6. The molecule has 0 radical (unpaired) electrons. The Morgan fingerprint density at radius 3 is 1.40 bits per heavy atom. The van der Waals surface area contributed by atoms with Gasteiger partial charge >= 0.3 is 0 Å². The summed E-state index contributed by atoms with van der Waals surface area (Å²) in [5, 5.41) is 5.70. The third kappa shape index (κ3) is 7.71. The molecular weight excluding hydrogens is 446 g/mol. The zero-order chi connectivity index (χ0) is 24.3. The molecule has 8 nitrogen and oxygen atoms in total. The Hall–Kier alpha value is -3.59. The summed E-state index contributed by atoms with van der Waals surface area (Å²) in [6.45, 7) is 3.69. The van der Waals surface area contributed by atoms with Crippen molar-refractivity contribution in [1.29, 1.82) is 0 Å². The van der Waals surface area contributed by atoms with Crippen LogP contribution < -0.4 is 10.6 Å². The first kappa shape index (κ1) is 24.5. The molecule has 0 spiro atoms. The Bertz CT molecular complexity index is 1030. The van der Waals surface area contributed by atoms with Gasteiger partial charge in [0, 0.05) is 13.1 Å². The maximum Gasteiger partial charge on any atom is 0.270 e. The van der Waals surface area contributed by atoms with E-state index < -0.39 is 0 Å². The van der Waals surface area contributed by atoms with Gasteiger partial charge in [0.15, 0.2) is 0 Å². The summed E-state index contributed by atoms with van der Waals surface area (Å²) < 4.78 is 16.9. The number of benzene rings is 2. The summed E-state index contributed by atoms with van der Waals surface area (Å²) >= 11 is 0. The van der Waals surface area contributed by atoms with Gasteiger partial charge < -0.3 is 24.8 Å². The van der Waals surface area contributed by atoms with Gasteiger partial charge in [0.05, 0.1) is 39.6 Å². The quantitative estimate of drug-likeness (QED) is 0.519. The molecule has 3 aromatic rings. The van der Waals surface area contributed by atoms with E-state index in [0.717, 1.165) is 22.3 Å². The molecular formula is C27H29N3O5. The number of nitrogens with zero attached hydrogens (tertiary/aromatic N) is 1. The van der Waals surface area contributed by atoms with E-state index in [2.05, 4.69) is 15.6 Å². The monoisotopic (exact) mass is 475 g/mol. The number of hydrogen-bond donors (Lipinski definition) is 2. The number of hydrogen-bond acceptors (Lipinski definition) is 6. The highest BCUT2D eigenvalue weighted by molar-refractivity contribution is 5.96. The molecule has 0 fully saturated rings. The Morgan fingerprint density at radius 1 is 0.543 bits per heavy atom. The molecule has 4 aliphatic rings. The molecule has 2 amide bonds. The Kier molecular flexibility index (Phi) is 8.94. The first-order valence-corrected chi connectivity index (χ1v) is 11.6. The van der Waals surface area contributed by atoms with E-state index in [1.165, 1.54) is 0 Å². The van der Waals surface area contributed by atoms with Gasteiger partial charge in [-0.15, -0.1) is 0 Å². The van der Waals surface area contributed by atoms with E-state index in [9.17, 15) is 9.59 Å². The lowest BCUT2D eigenvalue weighted by Gasteiger charge is -2.10. The van der Waals surface area contributed by atoms with Crippen LogP contribution in [0.15, 0.2) is 66.7 Å². The number of amides is 2. The molecule has 182 valence electrons. The number of pyridine rings is 1. The predicted octanol–water partition coefficient (Wildman–Crippen LogP) is 3.01. The highest BCUT2D eigenvalue weighted by atomic mass is 16.5. The van der Waals surface area contributed by atoms with E-state index in [0.29, 0.717) is 52.7 Å². The fraction of sp³-hybridized carbons (Fsp3) is 0.296. The van der Waals surface area contributed by atoms with Crippen molar-refractivity contribution in [3.8, 4) is 0 Å². The Labute approximate surface area is 204 Å². The maximum absolute atomic E-state index is 12.6. The first-order chi connectivity index (χ1) is 17.2. The number of carbonyl (C=O) groups excluding carboxylic acids is 2. The SMILES string of the molecule is O=C1NCc2ccc(cc2)COCCOCCOCc2ccc(cc2)CNC(=O)c2cccc1n2. The molecule has 8 heteroatoms. The van der Waals surface area contributed by atoms with Crippen LogP contribution in [0.25, 0.3) is 0 Å². The molecule has 2 N–H and O–H groups in total. The first-order valence-electron chi connectivity index (χ1n) is 11.6. The minimum atomic E-state index is -0.341. The van der Waals surface area contributed by atoms with Crippen LogP contribution in [0.5, 0.6) is 0 Å². The zero-order valence-corrected chi connectivity index (χ0v) is 19.5. The average molecular weight is 476 g/mol. The molecule has 4 aliphatic heterocycles. The van der Waals surface area contributed by atoms with Gasteiger partial charge in [-0.2, -0.15) is 0 Å². The van der Waals surface area contributed by atoms with Crippen LogP contribution in [0.3, 0.4) is 0 Å². The van der Waals surface area contributed by atoms with Gasteiger partial charge in [0.2, 0.25) is 0 Å². The normalized spacial score (nSPS) is 16.5. The highest BCUT2D eigenvalue weighted by Crippen LogP contribution is 2.08. The standard InChI is InChI=1S/C27H29N3O5/c31-26-24-2-1-3-25(30-24)27(32)29-17-21-6-10-23(11-7-21)19-35-15-13-33-12-14-34-18-22-8-4-20(5-9-22)16-28-26/h1-11H,12-19H2,(H,28,31)(H,29,32). The summed E-state index contributed by atoms with van der Waals surface area (Å²) in [7, 11) is 0. The van der Waals surface area contributed by atoms with E-state index in [1.807, 2.05) is 48.5 Å². The van der Waals surface area contributed by atoms with Gasteiger partial charge in [-0.1, -0.05) is 54.6 Å². The number of carbonyl (C=O) groups is 2. The van der Waals surface area contributed by atoms with Crippen LogP contribution in [0.4, 0.5) is 0 Å². The van der Waals surface area contributed by atoms with E-state index >= 15 is 0 Å². The van der Waals surface area contributed by atoms with E-state index in [1.54, 1.807) is 18.2 Å². The lowest BCUT2D eigenvalue weighted by Crippen LogP contribution is -2.27. The van der Waals surface area contributed by atoms with Gasteiger partial charge in [0.1, 0.15) is 11.4 Å². The molecule has 6 bridgehead atoms. The minimum Gasteiger partial charge on any atom is -0.377 e. The summed E-state index contributed by atoms with van der Waals surface area (Å²) in [6.07, 6.45) is 0. The van der Waals surface area contributed by atoms with Crippen molar-refractivity contribution in [1.82, 2.24) is 15.6 Å². The van der Waals surface area contributed by atoms with E-state index in [4.69, 9.17) is 14.2 Å². The molecule has 7 rings (SSSR count). The molecule has 0 aliphatic carbocycles. The van der Waals surface area contributed by atoms with Gasteiger partial charge in [-0.25, -0.2) is 4.98 Å². The fourth-order valence-electron chi connectivity index (χ4n) is 3.46. The van der Waals surface area contributed by atoms with Crippen molar-refractivity contribution in [3.63, 3.8) is 0 Å². The summed E-state index contributed by atoms with van der Waals surface area (Å²) in [5.74, 6) is -0.683. The van der Waals surface area contributed by atoms with Crippen molar-refractivity contribution in [2.24, 2.45) is 0 Å². The second-order valence-corrected chi connectivity index (χ2v) is 8.12. The smallest absolute Gasteiger partial charge is 0.270 e. The minimum absolute atomic E-state index is 0.190. The average Bonchev–Trinajstić information content (AvgIpc) is 2.90. The molecule has 35 heavy (non-hydrogen) atoms. The van der Waals surface area contributed by atoms with Crippen molar-refractivity contribution in [2.45, 2.75) is 26.3 Å². The Balaban J connectivity index is 1.42. The van der Waals surface area contributed by atoms with Crippen LogP contribution in [-0.4, -0.2) is 43.2 Å². The second kappa shape index (κ2) is 12.8. The lowest BCUT2D eigenvalue weighted by atomic mass is 10.1. The number of rotatable bonds is 0. The molecule has 0 saturated heterocycles. The summed E-state index contributed by atoms with van der Waals surface area (Å²) in [4.78, 5) is 29.4. The van der Waals surface area contributed by atoms with Crippen LogP contribution in [0.1, 0.15) is 43.2 Å². The molecule has 0 saturated carbocycles. The van der Waals surface area contributed by atoms with Crippen molar-refractivity contribution < 1.29 is 23.8 Å². The van der Waals surface area contributed by atoms with Crippen molar-refractivity contribution in [3.05, 3.63) is 100 Å². The van der Waals surface area contributed by atoms with Crippen LogP contribution in [0, 0.1) is 0 Å². The molecule has 0 atom stereocenters. The fourth-order valence-corrected chi connectivity index (χ4v) is 3.46. The van der Waals surface area contributed by atoms with Crippen LogP contribution in [0.2, 0.25) is 0 Å². The van der Waals surface area contributed by atoms with Crippen molar-refractivity contribution >= 4 is 11.8 Å².